The zero-order chi connectivity index (χ0) is 25.1. The van der Waals surface area contributed by atoms with Crippen LogP contribution in [0.5, 0.6) is 11.5 Å². The minimum Gasteiger partial charge on any atom is -0.497 e. The highest BCUT2D eigenvalue weighted by Gasteiger charge is 2.17. The van der Waals surface area contributed by atoms with Crippen molar-refractivity contribution in [1.82, 2.24) is 19.7 Å². The molecule has 0 unspecified atom stereocenters. The average molecular weight is 497 g/mol. The summed E-state index contributed by atoms with van der Waals surface area (Å²) in [6.45, 7) is 4.68. The standard InChI is InChI=1S/C29H28N4O2S/c1-5-35-23-14-15-26-24(16-23)25(17-27(30-26)21-10-12-22(34-4)13-11-21)28-31-32-29(33(28)3)36-18-20-8-6-19(2)7-9-20/h6-17H,5,18H2,1-4H3. The minimum absolute atomic E-state index is 0.599. The summed E-state index contributed by atoms with van der Waals surface area (Å²) in [5, 5.41) is 11.0. The van der Waals surface area contributed by atoms with Gasteiger partial charge in [0.05, 0.1) is 24.9 Å². The summed E-state index contributed by atoms with van der Waals surface area (Å²) in [6.07, 6.45) is 0. The van der Waals surface area contributed by atoms with Crippen LogP contribution in [0.25, 0.3) is 33.5 Å². The molecule has 0 fully saturated rings. The molecule has 0 aliphatic heterocycles. The molecule has 36 heavy (non-hydrogen) atoms. The van der Waals surface area contributed by atoms with Gasteiger partial charge < -0.3 is 14.0 Å². The van der Waals surface area contributed by atoms with E-state index in [0.717, 1.165) is 56.0 Å². The Hall–Kier alpha value is -3.84. The number of fused-ring (bicyclic) bond motifs is 1. The van der Waals surface area contributed by atoms with Gasteiger partial charge >= 0.3 is 0 Å². The molecule has 6 nitrogen and oxygen atoms in total. The average Bonchev–Trinajstić information content (AvgIpc) is 3.28. The number of rotatable bonds is 8. The lowest BCUT2D eigenvalue weighted by molar-refractivity contribution is 0.340. The third-order valence-corrected chi connectivity index (χ3v) is 7.13. The van der Waals surface area contributed by atoms with Crippen molar-refractivity contribution in [3.05, 3.63) is 83.9 Å². The van der Waals surface area contributed by atoms with E-state index in [9.17, 15) is 0 Å². The van der Waals surface area contributed by atoms with Crippen LogP contribution < -0.4 is 9.47 Å². The van der Waals surface area contributed by atoms with Gasteiger partial charge in [0.1, 0.15) is 11.5 Å². The minimum atomic E-state index is 0.599. The van der Waals surface area contributed by atoms with Gasteiger partial charge in [-0.1, -0.05) is 41.6 Å². The summed E-state index contributed by atoms with van der Waals surface area (Å²) in [7, 11) is 3.68. The summed E-state index contributed by atoms with van der Waals surface area (Å²) >= 11 is 1.68. The van der Waals surface area contributed by atoms with Gasteiger partial charge in [-0.15, -0.1) is 10.2 Å². The highest BCUT2D eigenvalue weighted by atomic mass is 32.2. The van der Waals surface area contributed by atoms with E-state index in [1.807, 2.05) is 56.4 Å². The molecule has 182 valence electrons. The summed E-state index contributed by atoms with van der Waals surface area (Å²) < 4.78 is 13.2. The third-order valence-electron chi connectivity index (χ3n) is 6.04. The van der Waals surface area contributed by atoms with Crippen LogP contribution in [-0.2, 0) is 12.8 Å². The fourth-order valence-corrected chi connectivity index (χ4v) is 4.93. The van der Waals surface area contributed by atoms with Crippen LogP contribution in [0.15, 0.2) is 78.0 Å². The topological polar surface area (TPSA) is 62.1 Å². The van der Waals surface area contributed by atoms with Crippen molar-refractivity contribution in [2.75, 3.05) is 13.7 Å². The molecule has 0 amide bonds. The van der Waals surface area contributed by atoms with Gasteiger partial charge in [0.2, 0.25) is 0 Å². The first-order chi connectivity index (χ1) is 17.6. The lowest BCUT2D eigenvalue weighted by Gasteiger charge is -2.12. The van der Waals surface area contributed by atoms with Crippen LogP contribution in [0.4, 0.5) is 0 Å². The molecule has 0 aliphatic rings. The van der Waals surface area contributed by atoms with Gasteiger partial charge in [0, 0.05) is 29.3 Å². The molecular weight excluding hydrogens is 468 g/mol. The first-order valence-electron chi connectivity index (χ1n) is 11.9. The largest absolute Gasteiger partial charge is 0.497 e. The Kier molecular flexibility index (Phi) is 6.91. The van der Waals surface area contributed by atoms with E-state index < -0.39 is 0 Å². The van der Waals surface area contributed by atoms with Crippen molar-refractivity contribution >= 4 is 22.7 Å². The number of methoxy groups -OCH3 is 1. The Balaban J connectivity index is 1.57. The predicted molar refractivity (Wildman–Crippen MR) is 146 cm³/mol. The molecule has 0 atom stereocenters. The van der Waals surface area contributed by atoms with Crippen molar-refractivity contribution in [1.29, 1.82) is 0 Å². The second-order valence-electron chi connectivity index (χ2n) is 8.53. The van der Waals surface area contributed by atoms with Crippen LogP contribution in [0.3, 0.4) is 0 Å². The maximum atomic E-state index is 5.79. The van der Waals surface area contributed by atoms with E-state index in [-0.39, 0.29) is 0 Å². The van der Waals surface area contributed by atoms with Crippen LogP contribution in [0.1, 0.15) is 18.1 Å². The van der Waals surface area contributed by atoms with E-state index in [4.69, 9.17) is 14.5 Å². The van der Waals surface area contributed by atoms with Gasteiger partial charge in [-0.2, -0.15) is 0 Å². The summed E-state index contributed by atoms with van der Waals surface area (Å²) in [4.78, 5) is 4.95. The second kappa shape index (κ2) is 10.4. The summed E-state index contributed by atoms with van der Waals surface area (Å²) in [5.41, 5.74) is 6.22. The Morgan fingerprint density at radius 1 is 0.889 bits per heavy atom. The zero-order valence-corrected chi connectivity index (χ0v) is 21.7. The molecule has 0 saturated heterocycles. The maximum Gasteiger partial charge on any atom is 0.191 e. The third kappa shape index (κ3) is 4.93. The Labute approximate surface area is 215 Å². The highest BCUT2D eigenvalue weighted by Crippen LogP contribution is 2.35. The molecule has 0 radical (unpaired) electrons. The van der Waals surface area contributed by atoms with Crippen LogP contribution in [-0.4, -0.2) is 33.5 Å². The van der Waals surface area contributed by atoms with Crippen molar-refractivity contribution in [3.63, 3.8) is 0 Å². The molecule has 3 aromatic carbocycles. The van der Waals surface area contributed by atoms with E-state index in [1.165, 1.54) is 11.1 Å². The van der Waals surface area contributed by atoms with Crippen molar-refractivity contribution in [3.8, 4) is 34.1 Å². The van der Waals surface area contributed by atoms with Crippen LogP contribution in [0.2, 0.25) is 0 Å². The number of hydrogen-bond donors (Lipinski definition) is 0. The fourth-order valence-electron chi connectivity index (χ4n) is 4.06. The number of aryl methyl sites for hydroxylation is 1. The fraction of sp³-hybridized carbons (Fsp3) is 0.207. The molecule has 0 bridgehead atoms. The number of nitrogens with zero attached hydrogens (tertiary/aromatic N) is 4. The maximum absolute atomic E-state index is 5.79. The zero-order valence-electron chi connectivity index (χ0n) is 20.9. The quantitative estimate of drug-likeness (QED) is 0.223. The Bertz CT molecular complexity index is 1500. The highest BCUT2D eigenvalue weighted by molar-refractivity contribution is 7.98. The van der Waals surface area contributed by atoms with Crippen molar-refractivity contribution in [2.45, 2.75) is 24.8 Å². The molecule has 0 N–H and O–H groups in total. The van der Waals surface area contributed by atoms with Crippen molar-refractivity contribution in [2.24, 2.45) is 7.05 Å². The Morgan fingerprint density at radius 2 is 1.64 bits per heavy atom. The number of hydrogen-bond acceptors (Lipinski definition) is 6. The lowest BCUT2D eigenvalue weighted by Crippen LogP contribution is -1.98. The molecule has 2 aromatic heterocycles. The van der Waals surface area contributed by atoms with Gasteiger partial charge in [-0.05, 0) is 67.9 Å². The number of benzene rings is 3. The van der Waals surface area contributed by atoms with E-state index in [1.54, 1.807) is 18.9 Å². The molecule has 2 heterocycles. The molecule has 0 spiro atoms. The molecule has 0 saturated carbocycles. The monoisotopic (exact) mass is 496 g/mol. The van der Waals surface area contributed by atoms with Gasteiger partial charge in [0.25, 0.3) is 0 Å². The van der Waals surface area contributed by atoms with E-state index in [2.05, 4.69) is 52.0 Å². The molecule has 5 aromatic rings. The number of ether oxygens (including phenoxy) is 2. The second-order valence-corrected chi connectivity index (χ2v) is 9.48. The smallest absolute Gasteiger partial charge is 0.191 e. The van der Waals surface area contributed by atoms with E-state index in [0.29, 0.717) is 6.61 Å². The Morgan fingerprint density at radius 3 is 2.36 bits per heavy atom. The summed E-state index contributed by atoms with van der Waals surface area (Å²) in [5.74, 6) is 3.23. The van der Waals surface area contributed by atoms with Gasteiger partial charge in [0.15, 0.2) is 11.0 Å². The number of aromatic nitrogens is 4. The number of pyridine rings is 1. The molecule has 7 heteroatoms. The normalized spacial score (nSPS) is 11.1. The molecular formula is C29H28N4O2S. The predicted octanol–water partition coefficient (Wildman–Crippen LogP) is 6.71. The lowest BCUT2D eigenvalue weighted by atomic mass is 10.0. The van der Waals surface area contributed by atoms with Crippen LogP contribution in [0, 0.1) is 6.92 Å². The summed E-state index contributed by atoms with van der Waals surface area (Å²) in [6, 6.07) is 24.6. The SMILES string of the molecule is CCOc1ccc2nc(-c3ccc(OC)cc3)cc(-c3nnc(SCc4ccc(C)cc4)n3C)c2c1. The van der Waals surface area contributed by atoms with Gasteiger partial charge in [-0.3, -0.25) is 0 Å². The van der Waals surface area contributed by atoms with Crippen molar-refractivity contribution < 1.29 is 9.47 Å². The first kappa shape index (κ1) is 23.9. The number of thioether (sulfide) groups is 1. The first-order valence-corrected chi connectivity index (χ1v) is 12.8. The van der Waals surface area contributed by atoms with Gasteiger partial charge in [-0.25, -0.2) is 4.98 Å². The van der Waals surface area contributed by atoms with Crippen LogP contribution >= 0.6 is 11.8 Å². The van der Waals surface area contributed by atoms with E-state index >= 15 is 0 Å². The molecule has 0 aliphatic carbocycles. The molecule has 5 rings (SSSR count).